The van der Waals surface area contributed by atoms with Crippen LogP contribution < -0.4 is 10.1 Å². The molecule has 0 bridgehead atoms. The summed E-state index contributed by atoms with van der Waals surface area (Å²) in [5.74, 6) is 0.978. The number of benzene rings is 1. The highest BCUT2D eigenvalue weighted by Gasteiger charge is 2.07. The van der Waals surface area contributed by atoms with E-state index >= 15 is 0 Å². The van der Waals surface area contributed by atoms with Crippen LogP contribution in [0, 0.1) is 0 Å². The van der Waals surface area contributed by atoms with Gasteiger partial charge < -0.3 is 10.1 Å². The second kappa shape index (κ2) is 6.57. The Morgan fingerprint density at radius 3 is 2.78 bits per heavy atom. The molecule has 0 unspecified atom stereocenters. The zero-order valence-corrected chi connectivity index (χ0v) is 11.7. The van der Waals surface area contributed by atoms with Crippen molar-refractivity contribution in [2.24, 2.45) is 0 Å². The molecular weight excluding hydrogens is 242 g/mol. The van der Waals surface area contributed by atoms with Gasteiger partial charge in [-0.15, -0.1) is 11.3 Å². The van der Waals surface area contributed by atoms with Crippen molar-refractivity contribution in [3.05, 3.63) is 52.2 Å². The Bertz CT molecular complexity index is 467. The second-order valence-electron chi connectivity index (χ2n) is 4.16. The van der Waals surface area contributed by atoms with Crippen LogP contribution in [-0.2, 0) is 6.54 Å². The molecule has 1 heterocycles. The van der Waals surface area contributed by atoms with Gasteiger partial charge in [0, 0.05) is 23.0 Å². The lowest BCUT2D eigenvalue weighted by molar-refractivity contribution is 0.335. The minimum absolute atomic E-state index is 0.375. The molecule has 0 radical (unpaired) electrons. The largest absolute Gasteiger partial charge is 0.494 e. The van der Waals surface area contributed by atoms with E-state index < -0.39 is 0 Å². The van der Waals surface area contributed by atoms with Gasteiger partial charge in [-0.25, -0.2) is 0 Å². The standard InChI is InChI=1S/C15H19NOS/c1-3-17-14-8-5-4-7-13(14)11-16-12(2)15-9-6-10-18-15/h4-10,12,16H,3,11H2,1-2H3/t12-/m1/s1. The molecule has 1 N–H and O–H groups in total. The summed E-state index contributed by atoms with van der Waals surface area (Å²) in [6.07, 6.45) is 0. The van der Waals surface area contributed by atoms with E-state index in [1.54, 1.807) is 11.3 Å². The van der Waals surface area contributed by atoms with Gasteiger partial charge in [-0.1, -0.05) is 24.3 Å². The van der Waals surface area contributed by atoms with Crippen LogP contribution in [0.4, 0.5) is 0 Å². The van der Waals surface area contributed by atoms with Crippen LogP contribution in [0.15, 0.2) is 41.8 Å². The summed E-state index contributed by atoms with van der Waals surface area (Å²) < 4.78 is 5.62. The summed E-state index contributed by atoms with van der Waals surface area (Å²) in [5.41, 5.74) is 1.21. The Morgan fingerprint density at radius 1 is 1.22 bits per heavy atom. The van der Waals surface area contributed by atoms with Gasteiger partial charge >= 0.3 is 0 Å². The molecule has 3 heteroatoms. The van der Waals surface area contributed by atoms with E-state index in [2.05, 4.69) is 41.9 Å². The fourth-order valence-corrected chi connectivity index (χ4v) is 2.61. The van der Waals surface area contributed by atoms with Gasteiger partial charge in [-0.05, 0) is 31.4 Å². The minimum Gasteiger partial charge on any atom is -0.494 e. The Hall–Kier alpha value is -1.32. The van der Waals surface area contributed by atoms with Crippen molar-refractivity contribution < 1.29 is 4.74 Å². The number of nitrogens with one attached hydrogen (secondary N) is 1. The van der Waals surface area contributed by atoms with Crippen molar-refractivity contribution in [1.29, 1.82) is 0 Å². The highest BCUT2D eigenvalue weighted by molar-refractivity contribution is 7.10. The summed E-state index contributed by atoms with van der Waals surface area (Å²) in [4.78, 5) is 1.36. The molecule has 0 amide bonds. The molecule has 1 aromatic heterocycles. The van der Waals surface area contributed by atoms with Gasteiger partial charge in [0.25, 0.3) is 0 Å². The Morgan fingerprint density at radius 2 is 2.06 bits per heavy atom. The number of para-hydroxylation sites is 1. The summed E-state index contributed by atoms with van der Waals surface area (Å²) in [6.45, 7) is 5.74. The van der Waals surface area contributed by atoms with Crippen molar-refractivity contribution in [3.63, 3.8) is 0 Å². The first-order valence-electron chi connectivity index (χ1n) is 6.28. The third-order valence-electron chi connectivity index (χ3n) is 2.84. The third kappa shape index (κ3) is 3.34. The van der Waals surface area contributed by atoms with Gasteiger partial charge in [0.15, 0.2) is 0 Å². The summed E-state index contributed by atoms with van der Waals surface area (Å²) >= 11 is 1.79. The van der Waals surface area contributed by atoms with Gasteiger partial charge in [0.05, 0.1) is 6.61 Å². The molecule has 2 rings (SSSR count). The summed E-state index contributed by atoms with van der Waals surface area (Å²) in [7, 11) is 0. The average molecular weight is 261 g/mol. The topological polar surface area (TPSA) is 21.3 Å². The Kier molecular flexibility index (Phi) is 4.79. The van der Waals surface area contributed by atoms with E-state index in [0.29, 0.717) is 12.6 Å². The number of hydrogen-bond donors (Lipinski definition) is 1. The lowest BCUT2D eigenvalue weighted by Crippen LogP contribution is -2.17. The van der Waals surface area contributed by atoms with Gasteiger partial charge in [-0.3, -0.25) is 0 Å². The highest BCUT2D eigenvalue weighted by Crippen LogP contribution is 2.21. The highest BCUT2D eigenvalue weighted by atomic mass is 32.1. The first-order valence-corrected chi connectivity index (χ1v) is 7.16. The molecule has 0 spiro atoms. The molecule has 1 aromatic carbocycles. The zero-order valence-electron chi connectivity index (χ0n) is 10.8. The molecule has 0 saturated heterocycles. The van der Waals surface area contributed by atoms with Crippen molar-refractivity contribution in [1.82, 2.24) is 5.32 Å². The van der Waals surface area contributed by atoms with Crippen LogP contribution in [-0.4, -0.2) is 6.61 Å². The third-order valence-corrected chi connectivity index (χ3v) is 3.90. The lowest BCUT2D eigenvalue weighted by Gasteiger charge is -2.14. The van der Waals surface area contributed by atoms with Crippen molar-refractivity contribution in [3.8, 4) is 5.75 Å². The maximum absolute atomic E-state index is 5.62. The van der Waals surface area contributed by atoms with Crippen LogP contribution in [0.25, 0.3) is 0 Å². The van der Waals surface area contributed by atoms with Crippen molar-refractivity contribution >= 4 is 11.3 Å². The van der Waals surface area contributed by atoms with Crippen LogP contribution in [0.3, 0.4) is 0 Å². The summed E-state index contributed by atoms with van der Waals surface area (Å²) in [6, 6.07) is 12.8. The maximum atomic E-state index is 5.62. The molecular formula is C15H19NOS. The van der Waals surface area contributed by atoms with Gasteiger partial charge in [0.1, 0.15) is 5.75 Å². The van der Waals surface area contributed by atoms with Crippen molar-refractivity contribution in [2.75, 3.05) is 6.61 Å². The van der Waals surface area contributed by atoms with Crippen LogP contribution in [0.5, 0.6) is 5.75 Å². The van der Waals surface area contributed by atoms with Crippen LogP contribution in [0.1, 0.15) is 30.3 Å². The smallest absolute Gasteiger partial charge is 0.123 e. The number of ether oxygens (including phenoxy) is 1. The van der Waals surface area contributed by atoms with E-state index in [1.807, 2.05) is 19.1 Å². The van der Waals surface area contributed by atoms with E-state index in [1.165, 1.54) is 10.4 Å². The SMILES string of the molecule is CCOc1ccccc1CN[C@H](C)c1cccs1. The first kappa shape index (κ1) is 13.1. The molecule has 18 heavy (non-hydrogen) atoms. The Labute approximate surface area is 113 Å². The zero-order chi connectivity index (χ0) is 12.8. The monoisotopic (exact) mass is 261 g/mol. The quantitative estimate of drug-likeness (QED) is 0.848. The van der Waals surface area contributed by atoms with E-state index in [0.717, 1.165) is 12.3 Å². The predicted octanol–water partition coefficient (Wildman–Crippen LogP) is 4.00. The summed E-state index contributed by atoms with van der Waals surface area (Å²) in [5, 5.41) is 5.64. The van der Waals surface area contributed by atoms with Gasteiger partial charge in [0.2, 0.25) is 0 Å². The van der Waals surface area contributed by atoms with Crippen molar-refractivity contribution in [2.45, 2.75) is 26.4 Å². The molecule has 0 saturated carbocycles. The predicted molar refractivity (Wildman–Crippen MR) is 77.2 cm³/mol. The van der Waals surface area contributed by atoms with Crippen LogP contribution in [0.2, 0.25) is 0 Å². The lowest BCUT2D eigenvalue weighted by atomic mass is 10.2. The number of hydrogen-bond acceptors (Lipinski definition) is 3. The normalized spacial score (nSPS) is 12.3. The molecule has 0 aliphatic rings. The maximum Gasteiger partial charge on any atom is 0.123 e. The number of thiophene rings is 1. The fraction of sp³-hybridized carbons (Fsp3) is 0.333. The minimum atomic E-state index is 0.375. The first-order chi connectivity index (χ1) is 8.81. The molecule has 1 atom stereocenters. The molecule has 2 aromatic rings. The average Bonchev–Trinajstić information content (AvgIpc) is 2.92. The van der Waals surface area contributed by atoms with E-state index in [9.17, 15) is 0 Å². The second-order valence-corrected chi connectivity index (χ2v) is 5.14. The number of rotatable bonds is 6. The van der Waals surface area contributed by atoms with E-state index in [4.69, 9.17) is 4.74 Å². The Balaban J connectivity index is 1.97. The molecule has 0 aliphatic heterocycles. The molecule has 0 aliphatic carbocycles. The van der Waals surface area contributed by atoms with E-state index in [-0.39, 0.29) is 0 Å². The van der Waals surface area contributed by atoms with Gasteiger partial charge in [-0.2, -0.15) is 0 Å². The molecule has 96 valence electrons. The molecule has 0 fully saturated rings. The van der Waals surface area contributed by atoms with Crippen LogP contribution >= 0.6 is 11.3 Å². The fourth-order valence-electron chi connectivity index (χ4n) is 1.85. The molecule has 2 nitrogen and oxygen atoms in total.